The summed E-state index contributed by atoms with van der Waals surface area (Å²) in [6, 6.07) is 17.8. The third-order valence-electron chi connectivity index (χ3n) is 5.50. The monoisotopic (exact) mass is 387 g/mol. The molecule has 0 aliphatic heterocycles. The first-order chi connectivity index (χ1) is 14.1. The smallest absolute Gasteiger partial charge is 0.251 e. The molecule has 2 amide bonds. The maximum absolute atomic E-state index is 12.8. The summed E-state index contributed by atoms with van der Waals surface area (Å²) in [4.78, 5) is 26.9. The number of nitriles is 1. The van der Waals surface area contributed by atoms with Gasteiger partial charge >= 0.3 is 0 Å². The fourth-order valence-corrected chi connectivity index (χ4v) is 3.40. The number of nitrogens with zero attached hydrogens (tertiary/aromatic N) is 2. The predicted molar refractivity (Wildman–Crippen MR) is 110 cm³/mol. The van der Waals surface area contributed by atoms with Gasteiger partial charge in [0.05, 0.1) is 11.6 Å². The van der Waals surface area contributed by atoms with Gasteiger partial charge in [-0.2, -0.15) is 5.26 Å². The fraction of sp³-hybridized carbons (Fsp3) is 0.375. The van der Waals surface area contributed by atoms with Gasteiger partial charge in [0.1, 0.15) is 0 Å². The quantitative estimate of drug-likeness (QED) is 0.752. The number of amides is 2. The summed E-state index contributed by atoms with van der Waals surface area (Å²) in [7, 11) is 0. The van der Waals surface area contributed by atoms with Gasteiger partial charge in [-0.25, -0.2) is 0 Å². The van der Waals surface area contributed by atoms with E-state index < -0.39 is 0 Å². The highest BCUT2D eigenvalue weighted by Crippen LogP contribution is 2.29. The summed E-state index contributed by atoms with van der Waals surface area (Å²) in [5.74, 6) is 0.143. The lowest BCUT2D eigenvalue weighted by molar-refractivity contribution is -0.132. The minimum Gasteiger partial charge on any atom is -0.349 e. The van der Waals surface area contributed by atoms with Gasteiger partial charge in [-0.1, -0.05) is 24.3 Å². The lowest BCUT2D eigenvalue weighted by Crippen LogP contribution is -2.32. The summed E-state index contributed by atoms with van der Waals surface area (Å²) in [5, 5.41) is 11.9. The van der Waals surface area contributed by atoms with Gasteiger partial charge in [-0.3, -0.25) is 9.59 Å². The Morgan fingerprint density at radius 3 is 2.21 bits per heavy atom. The van der Waals surface area contributed by atoms with Crippen molar-refractivity contribution in [1.29, 1.82) is 5.26 Å². The van der Waals surface area contributed by atoms with Crippen LogP contribution in [0.4, 0.5) is 0 Å². The maximum atomic E-state index is 12.8. The zero-order valence-corrected chi connectivity index (χ0v) is 16.4. The van der Waals surface area contributed by atoms with Crippen LogP contribution in [0, 0.1) is 11.3 Å². The van der Waals surface area contributed by atoms with Gasteiger partial charge in [0.15, 0.2) is 0 Å². The number of benzene rings is 2. The van der Waals surface area contributed by atoms with Crippen LogP contribution in [0.15, 0.2) is 48.5 Å². The highest BCUT2D eigenvalue weighted by Gasteiger charge is 2.32. The van der Waals surface area contributed by atoms with Crippen LogP contribution >= 0.6 is 0 Å². The first-order valence-electron chi connectivity index (χ1n) is 10.3. The van der Waals surface area contributed by atoms with Crippen molar-refractivity contribution in [2.45, 2.75) is 57.2 Å². The number of nitrogens with one attached hydrogen (secondary N) is 1. The summed E-state index contributed by atoms with van der Waals surface area (Å²) in [5.41, 5.74) is 3.42. The molecule has 29 heavy (non-hydrogen) atoms. The minimum atomic E-state index is -0.0170. The molecule has 0 saturated heterocycles. The molecule has 2 fully saturated rings. The molecule has 0 radical (unpaired) electrons. The molecule has 2 aromatic rings. The topological polar surface area (TPSA) is 73.2 Å². The number of carbonyl (C=O) groups excluding carboxylic acids is 2. The van der Waals surface area contributed by atoms with Crippen LogP contribution in [0.3, 0.4) is 0 Å². The number of aryl methyl sites for hydroxylation is 1. The van der Waals surface area contributed by atoms with Gasteiger partial charge in [0, 0.05) is 30.6 Å². The molecule has 1 N–H and O–H groups in total. The van der Waals surface area contributed by atoms with Crippen LogP contribution in [0.2, 0.25) is 0 Å². The second-order valence-electron chi connectivity index (χ2n) is 8.01. The van der Waals surface area contributed by atoms with E-state index in [1.165, 1.54) is 0 Å². The maximum Gasteiger partial charge on any atom is 0.251 e. The van der Waals surface area contributed by atoms with Gasteiger partial charge in [0.25, 0.3) is 5.91 Å². The first-order valence-corrected chi connectivity index (χ1v) is 10.3. The summed E-state index contributed by atoms with van der Waals surface area (Å²) in [6.45, 7) is 0.585. The van der Waals surface area contributed by atoms with Crippen LogP contribution in [0.5, 0.6) is 0 Å². The summed E-state index contributed by atoms with van der Waals surface area (Å²) in [6.07, 6.45) is 5.41. The molecule has 0 heterocycles. The fourth-order valence-electron chi connectivity index (χ4n) is 3.40. The molecule has 0 spiro atoms. The Bertz CT molecular complexity index is 920. The highest BCUT2D eigenvalue weighted by atomic mass is 16.2. The standard InChI is InChI=1S/C24H25N3O2/c25-15-18-3-1-17(2-4-18)7-14-23(28)27(22-12-13-22)16-19-5-8-20(9-6-19)24(29)26-21-10-11-21/h1-6,8-9,21-22H,7,10-14,16H2,(H,26,29). The van der Waals surface area contributed by atoms with Crippen molar-refractivity contribution >= 4 is 11.8 Å². The SMILES string of the molecule is N#Cc1ccc(CCC(=O)N(Cc2ccc(C(=O)NC3CC3)cc2)C2CC2)cc1. The van der Waals surface area contributed by atoms with E-state index in [1.54, 1.807) is 12.1 Å². The third kappa shape index (κ3) is 5.23. The highest BCUT2D eigenvalue weighted by molar-refractivity contribution is 5.94. The zero-order chi connectivity index (χ0) is 20.2. The zero-order valence-electron chi connectivity index (χ0n) is 16.4. The number of hydrogen-bond donors (Lipinski definition) is 1. The average Bonchev–Trinajstić information content (AvgIpc) is 3.66. The Balaban J connectivity index is 1.34. The Labute approximate surface area is 171 Å². The molecule has 2 aliphatic carbocycles. The van der Waals surface area contributed by atoms with Crippen LogP contribution in [-0.4, -0.2) is 28.8 Å². The second kappa shape index (κ2) is 8.48. The molecule has 5 heteroatoms. The first kappa shape index (κ1) is 19.2. The Hall–Kier alpha value is -3.13. The molecule has 2 aromatic carbocycles. The van der Waals surface area contributed by atoms with E-state index in [0.717, 1.165) is 36.8 Å². The number of hydrogen-bond acceptors (Lipinski definition) is 3. The molecular formula is C24H25N3O2. The van der Waals surface area contributed by atoms with Crippen molar-refractivity contribution < 1.29 is 9.59 Å². The van der Waals surface area contributed by atoms with E-state index in [1.807, 2.05) is 41.3 Å². The van der Waals surface area contributed by atoms with Crippen molar-refractivity contribution in [1.82, 2.24) is 10.2 Å². The molecule has 5 nitrogen and oxygen atoms in total. The molecule has 2 aliphatic rings. The van der Waals surface area contributed by atoms with Gasteiger partial charge in [-0.05, 0) is 67.5 Å². The van der Waals surface area contributed by atoms with Gasteiger partial charge in [-0.15, -0.1) is 0 Å². The lowest BCUT2D eigenvalue weighted by atomic mass is 10.1. The van der Waals surface area contributed by atoms with E-state index >= 15 is 0 Å². The lowest BCUT2D eigenvalue weighted by Gasteiger charge is -2.23. The minimum absolute atomic E-state index is 0.0170. The van der Waals surface area contributed by atoms with Crippen molar-refractivity contribution in [3.05, 3.63) is 70.8 Å². The van der Waals surface area contributed by atoms with E-state index in [2.05, 4.69) is 11.4 Å². The van der Waals surface area contributed by atoms with E-state index in [-0.39, 0.29) is 11.8 Å². The van der Waals surface area contributed by atoms with Gasteiger partial charge in [0.2, 0.25) is 5.91 Å². The van der Waals surface area contributed by atoms with Crippen molar-refractivity contribution in [2.75, 3.05) is 0 Å². The van der Waals surface area contributed by atoms with Crippen molar-refractivity contribution in [2.24, 2.45) is 0 Å². The molecule has 0 unspecified atom stereocenters. The predicted octanol–water partition coefficient (Wildman–Crippen LogP) is 3.57. The molecule has 4 rings (SSSR count). The molecule has 0 bridgehead atoms. The Morgan fingerprint density at radius 2 is 1.62 bits per heavy atom. The Kier molecular flexibility index (Phi) is 5.62. The molecular weight excluding hydrogens is 362 g/mol. The average molecular weight is 387 g/mol. The summed E-state index contributed by atoms with van der Waals surface area (Å²) < 4.78 is 0. The van der Waals surface area contributed by atoms with E-state index in [0.29, 0.717) is 42.6 Å². The van der Waals surface area contributed by atoms with Gasteiger partial charge < -0.3 is 10.2 Å². The summed E-state index contributed by atoms with van der Waals surface area (Å²) >= 11 is 0. The largest absolute Gasteiger partial charge is 0.349 e. The van der Waals surface area contributed by atoms with Crippen molar-refractivity contribution in [3.63, 3.8) is 0 Å². The van der Waals surface area contributed by atoms with Crippen LogP contribution < -0.4 is 5.32 Å². The van der Waals surface area contributed by atoms with Crippen LogP contribution in [0.1, 0.15) is 59.2 Å². The van der Waals surface area contributed by atoms with E-state index in [4.69, 9.17) is 5.26 Å². The number of carbonyl (C=O) groups is 2. The third-order valence-corrected chi connectivity index (χ3v) is 5.50. The normalized spacial score (nSPS) is 15.4. The van der Waals surface area contributed by atoms with Crippen LogP contribution in [0.25, 0.3) is 0 Å². The van der Waals surface area contributed by atoms with Crippen LogP contribution in [-0.2, 0) is 17.8 Å². The van der Waals surface area contributed by atoms with Crippen molar-refractivity contribution in [3.8, 4) is 6.07 Å². The molecule has 0 aromatic heterocycles. The number of rotatable bonds is 8. The molecule has 148 valence electrons. The van der Waals surface area contributed by atoms with E-state index in [9.17, 15) is 9.59 Å². The molecule has 2 saturated carbocycles. The second-order valence-corrected chi connectivity index (χ2v) is 8.01. The molecule has 0 atom stereocenters. The Morgan fingerprint density at radius 1 is 0.966 bits per heavy atom.